The van der Waals surface area contributed by atoms with Crippen LogP contribution in [0.3, 0.4) is 0 Å². The van der Waals surface area contributed by atoms with Crippen molar-refractivity contribution in [1.82, 2.24) is 15.0 Å². The molecule has 1 aromatic heterocycles. The largest absolute Gasteiger partial charge is 0.493 e. The van der Waals surface area contributed by atoms with Crippen LogP contribution in [-0.4, -0.2) is 59.3 Å². The summed E-state index contributed by atoms with van der Waals surface area (Å²) in [6.45, 7) is 1.94. The van der Waals surface area contributed by atoms with Gasteiger partial charge in [0.05, 0.1) is 17.1 Å². The third-order valence-electron chi connectivity index (χ3n) is 6.75. The van der Waals surface area contributed by atoms with Gasteiger partial charge in [-0.1, -0.05) is 11.6 Å². The lowest BCUT2D eigenvalue weighted by Gasteiger charge is -2.35. The van der Waals surface area contributed by atoms with E-state index in [0.29, 0.717) is 29.4 Å². The van der Waals surface area contributed by atoms with Crippen LogP contribution in [0.15, 0.2) is 36.4 Å². The van der Waals surface area contributed by atoms with Gasteiger partial charge in [0.15, 0.2) is 0 Å². The summed E-state index contributed by atoms with van der Waals surface area (Å²) in [6.07, 6.45) is -10.1. The second-order valence-corrected chi connectivity index (χ2v) is 10.1. The minimum atomic E-state index is -5.48. The smallest absolute Gasteiger partial charge is 0.362 e. The molecule has 1 aliphatic rings. The standard InChI is InChI=1S/C27H26F7N5O3/c1-14-4-11-21-18(12-14)22(38(2)3)37-25(36-21)35-16-6-8-17(9-7-16)39(42-24(41)27(32,33)34)23(40)15-5-10-20(28)19(13-15)26(29,30)31/h4-5,10-13,16-17H,6-9H2,1-3H3,(H,35,36,37). The molecule has 15 heteroatoms. The third kappa shape index (κ3) is 6.82. The fraction of sp³-hybridized carbons (Fsp3) is 0.407. The number of carbonyl (C=O) groups is 2. The van der Waals surface area contributed by atoms with E-state index in [1.54, 1.807) is 0 Å². The van der Waals surface area contributed by atoms with Crippen molar-refractivity contribution in [3.63, 3.8) is 0 Å². The number of fused-ring (bicyclic) bond motifs is 1. The van der Waals surface area contributed by atoms with Gasteiger partial charge in [-0.25, -0.2) is 14.2 Å². The SMILES string of the molecule is Cc1ccc2nc(NC3CCC(N(OC(=O)C(F)(F)F)C(=O)c4ccc(F)c(C(F)(F)F)c4)CC3)nc(N(C)C)c2c1. The number of nitrogens with one attached hydrogen (secondary N) is 1. The lowest BCUT2D eigenvalue weighted by Crippen LogP contribution is -2.47. The number of hydroxylamine groups is 2. The number of alkyl halides is 6. The first-order valence-electron chi connectivity index (χ1n) is 12.8. The van der Waals surface area contributed by atoms with Crippen LogP contribution in [0.5, 0.6) is 0 Å². The van der Waals surface area contributed by atoms with Crippen molar-refractivity contribution in [1.29, 1.82) is 0 Å². The second-order valence-electron chi connectivity index (χ2n) is 10.1. The number of nitrogens with zero attached hydrogens (tertiary/aromatic N) is 4. The van der Waals surface area contributed by atoms with Gasteiger partial charge in [-0.05, 0) is 62.9 Å². The van der Waals surface area contributed by atoms with Gasteiger partial charge in [-0.15, -0.1) is 0 Å². The predicted molar refractivity (Wildman–Crippen MR) is 138 cm³/mol. The highest BCUT2D eigenvalue weighted by Gasteiger charge is 2.45. The summed E-state index contributed by atoms with van der Waals surface area (Å²) >= 11 is 0. The van der Waals surface area contributed by atoms with E-state index < -0.39 is 47.2 Å². The van der Waals surface area contributed by atoms with Crippen LogP contribution in [0.4, 0.5) is 42.5 Å². The topological polar surface area (TPSA) is 87.7 Å². The zero-order chi connectivity index (χ0) is 31.0. The Balaban J connectivity index is 1.54. The fourth-order valence-electron chi connectivity index (χ4n) is 4.69. The number of amides is 1. The number of carbonyl (C=O) groups excluding carboxylic acids is 2. The number of hydrogen-bond donors (Lipinski definition) is 1. The monoisotopic (exact) mass is 601 g/mol. The molecule has 0 saturated heterocycles. The molecule has 0 radical (unpaired) electrons. The molecule has 0 spiro atoms. The molecule has 1 fully saturated rings. The number of rotatable bonds is 5. The van der Waals surface area contributed by atoms with Gasteiger partial charge in [-0.2, -0.15) is 36.4 Å². The Morgan fingerprint density at radius 2 is 1.62 bits per heavy atom. The maximum atomic E-state index is 13.7. The molecule has 1 N–H and O–H groups in total. The van der Waals surface area contributed by atoms with E-state index in [2.05, 4.69) is 20.1 Å². The van der Waals surface area contributed by atoms with E-state index in [-0.39, 0.29) is 42.9 Å². The van der Waals surface area contributed by atoms with Gasteiger partial charge in [0.2, 0.25) is 5.95 Å². The fourth-order valence-corrected chi connectivity index (χ4v) is 4.69. The summed E-state index contributed by atoms with van der Waals surface area (Å²) < 4.78 is 92.3. The molecular weight excluding hydrogens is 575 g/mol. The van der Waals surface area contributed by atoms with Crippen molar-refractivity contribution < 1.29 is 45.2 Å². The molecule has 42 heavy (non-hydrogen) atoms. The molecule has 226 valence electrons. The zero-order valence-electron chi connectivity index (χ0n) is 22.6. The highest BCUT2D eigenvalue weighted by Crippen LogP contribution is 2.34. The summed E-state index contributed by atoms with van der Waals surface area (Å²) in [7, 11) is 3.65. The summed E-state index contributed by atoms with van der Waals surface area (Å²) in [5.41, 5.74) is -0.876. The van der Waals surface area contributed by atoms with E-state index in [9.17, 15) is 40.3 Å². The number of aryl methyl sites for hydroxylation is 1. The zero-order valence-corrected chi connectivity index (χ0v) is 22.6. The van der Waals surface area contributed by atoms with Crippen LogP contribution in [0.1, 0.15) is 47.2 Å². The Bertz CT molecular complexity index is 1490. The quantitative estimate of drug-likeness (QED) is 0.282. The Kier molecular flexibility index (Phi) is 8.51. The summed E-state index contributed by atoms with van der Waals surface area (Å²) in [6, 6.07) is 5.53. The van der Waals surface area contributed by atoms with Gasteiger partial charge in [-0.3, -0.25) is 4.79 Å². The van der Waals surface area contributed by atoms with E-state index in [4.69, 9.17) is 0 Å². The van der Waals surface area contributed by atoms with Gasteiger partial charge in [0.1, 0.15) is 11.6 Å². The minimum Gasteiger partial charge on any atom is -0.362 e. The van der Waals surface area contributed by atoms with Gasteiger partial charge < -0.3 is 15.1 Å². The second kappa shape index (κ2) is 11.6. The minimum absolute atomic E-state index is 0.0230. The Hall–Kier alpha value is -4.17. The van der Waals surface area contributed by atoms with Gasteiger partial charge >= 0.3 is 18.3 Å². The van der Waals surface area contributed by atoms with E-state index >= 15 is 0 Å². The highest BCUT2D eigenvalue weighted by molar-refractivity contribution is 5.95. The van der Waals surface area contributed by atoms with Crippen molar-refractivity contribution in [3.8, 4) is 0 Å². The predicted octanol–water partition coefficient (Wildman–Crippen LogP) is 6.05. The Morgan fingerprint density at radius 3 is 2.21 bits per heavy atom. The van der Waals surface area contributed by atoms with Crippen LogP contribution in [0.25, 0.3) is 10.9 Å². The summed E-state index contributed by atoms with van der Waals surface area (Å²) in [4.78, 5) is 40.0. The summed E-state index contributed by atoms with van der Waals surface area (Å²) in [5, 5.41) is 4.17. The van der Waals surface area contributed by atoms with Crippen LogP contribution in [0.2, 0.25) is 0 Å². The van der Waals surface area contributed by atoms with Crippen LogP contribution in [0, 0.1) is 12.7 Å². The van der Waals surface area contributed by atoms with Crippen molar-refractivity contribution >= 4 is 34.5 Å². The van der Waals surface area contributed by atoms with Crippen LogP contribution in [-0.2, 0) is 15.8 Å². The Morgan fingerprint density at radius 1 is 0.952 bits per heavy atom. The molecule has 0 unspecified atom stereocenters. The number of anilines is 2. The molecule has 0 atom stereocenters. The van der Waals surface area contributed by atoms with Crippen molar-refractivity contribution in [3.05, 3.63) is 58.9 Å². The first-order chi connectivity index (χ1) is 19.5. The van der Waals surface area contributed by atoms with E-state index in [0.717, 1.165) is 10.9 Å². The molecule has 0 bridgehead atoms. The van der Waals surface area contributed by atoms with E-state index in [1.165, 1.54) is 0 Å². The molecule has 4 rings (SSSR count). The molecule has 1 heterocycles. The highest BCUT2D eigenvalue weighted by atomic mass is 19.4. The molecule has 8 nitrogen and oxygen atoms in total. The molecule has 3 aromatic rings. The number of hydrogen-bond acceptors (Lipinski definition) is 7. The van der Waals surface area contributed by atoms with Crippen LogP contribution < -0.4 is 10.2 Å². The maximum Gasteiger partial charge on any atom is 0.493 e. The summed E-state index contributed by atoms with van der Waals surface area (Å²) in [5.74, 6) is -4.87. The molecule has 1 amide bonds. The first-order valence-corrected chi connectivity index (χ1v) is 12.8. The molecule has 1 aliphatic carbocycles. The van der Waals surface area contributed by atoms with E-state index in [1.807, 2.05) is 44.1 Å². The first kappa shape index (κ1) is 30.8. The molecular formula is C27H26F7N5O3. The van der Waals surface area contributed by atoms with Gasteiger partial charge in [0.25, 0.3) is 5.91 Å². The molecule has 0 aliphatic heterocycles. The van der Waals surface area contributed by atoms with Crippen molar-refractivity contribution in [2.45, 2.75) is 57.0 Å². The molecule has 1 saturated carbocycles. The van der Waals surface area contributed by atoms with Gasteiger partial charge in [0, 0.05) is 31.1 Å². The van der Waals surface area contributed by atoms with Crippen molar-refractivity contribution in [2.75, 3.05) is 24.3 Å². The maximum absolute atomic E-state index is 13.7. The lowest BCUT2D eigenvalue weighted by molar-refractivity contribution is -0.235. The Labute approximate surface area is 235 Å². The normalized spacial score (nSPS) is 17.6. The number of benzene rings is 2. The number of aromatic nitrogens is 2. The van der Waals surface area contributed by atoms with Crippen LogP contribution >= 0.6 is 0 Å². The average Bonchev–Trinajstić information content (AvgIpc) is 2.90. The molecule has 2 aromatic carbocycles. The lowest BCUT2D eigenvalue weighted by atomic mass is 9.90. The van der Waals surface area contributed by atoms with Crippen molar-refractivity contribution in [2.24, 2.45) is 0 Å². The number of halogens is 7. The average molecular weight is 602 g/mol. The third-order valence-corrected chi connectivity index (χ3v) is 6.75.